The summed E-state index contributed by atoms with van der Waals surface area (Å²) in [7, 11) is -2.17. The van der Waals surface area contributed by atoms with E-state index in [0.717, 1.165) is 0 Å². The van der Waals surface area contributed by atoms with Gasteiger partial charge >= 0.3 is 0 Å². The fourth-order valence-corrected chi connectivity index (χ4v) is 3.98. The van der Waals surface area contributed by atoms with E-state index < -0.39 is 10.0 Å². The quantitative estimate of drug-likeness (QED) is 0.772. The molecule has 2 rings (SSSR count). The zero-order valence-electron chi connectivity index (χ0n) is 12.0. The molecule has 0 aromatic heterocycles. The lowest BCUT2D eigenvalue weighted by Crippen LogP contribution is -2.37. The van der Waals surface area contributed by atoms with Gasteiger partial charge in [0.25, 0.3) is 0 Å². The molecule has 0 radical (unpaired) electrons. The molecule has 0 bridgehead atoms. The summed E-state index contributed by atoms with van der Waals surface area (Å²) in [5.74, 6) is 0.340. The number of anilines is 1. The number of nitrogen functional groups attached to an aromatic ring is 1. The molecule has 7 nitrogen and oxygen atoms in total. The number of sulfonamides is 1. The van der Waals surface area contributed by atoms with Crippen molar-refractivity contribution in [2.45, 2.75) is 24.3 Å². The third-order valence-electron chi connectivity index (χ3n) is 3.39. The lowest BCUT2D eigenvalue weighted by Gasteiger charge is -2.18. The molecule has 1 unspecified atom stereocenters. The second kappa shape index (κ2) is 5.90. The average molecular weight is 313 g/mol. The van der Waals surface area contributed by atoms with Crippen molar-refractivity contribution in [1.29, 1.82) is 0 Å². The van der Waals surface area contributed by atoms with Gasteiger partial charge in [0.1, 0.15) is 10.6 Å². The van der Waals surface area contributed by atoms with Crippen LogP contribution in [0, 0.1) is 0 Å². The molecule has 1 aliphatic heterocycles. The van der Waals surface area contributed by atoms with Gasteiger partial charge in [0.2, 0.25) is 15.9 Å². The Bertz CT molecular complexity index is 645. The van der Waals surface area contributed by atoms with Crippen molar-refractivity contribution in [3.63, 3.8) is 0 Å². The Kier molecular flexibility index (Phi) is 4.38. The van der Waals surface area contributed by atoms with Crippen molar-refractivity contribution in [3.8, 4) is 5.75 Å². The van der Waals surface area contributed by atoms with E-state index in [1.807, 2.05) is 0 Å². The Morgan fingerprint density at radius 1 is 1.48 bits per heavy atom. The van der Waals surface area contributed by atoms with Gasteiger partial charge in [-0.25, -0.2) is 8.42 Å². The zero-order valence-corrected chi connectivity index (χ0v) is 12.8. The summed E-state index contributed by atoms with van der Waals surface area (Å²) < 4.78 is 31.5. The number of ether oxygens (including phenoxy) is 1. The third kappa shape index (κ3) is 3.27. The lowest BCUT2D eigenvalue weighted by molar-refractivity contribution is -0.119. The van der Waals surface area contributed by atoms with Crippen LogP contribution in [0.25, 0.3) is 0 Å². The topological polar surface area (TPSA) is 102 Å². The van der Waals surface area contributed by atoms with Crippen LogP contribution in [-0.4, -0.2) is 44.9 Å². The van der Waals surface area contributed by atoms with E-state index in [9.17, 15) is 13.2 Å². The number of amides is 1. The van der Waals surface area contributed by atoms with E-state index in [-0.39, 0.29) is 29.1 Å². The number of carbonyl (C=O) groups excluding carboxylic acids is 1. The van der Waals surface area contributed by atoms with Crippen molar-refractivity contribution in [2.75, 3.05) is 25.9 Å². The first-order chi connectivity index (χ1) is 9.84. The van der Waals surface area contributed by atoms with Crippen molar-refractivity contribution >= 4 is 21.6 Å². The van der Waals surface area contributed by atoms with Gasteiger partial charge in [-0.1, -0.05) is 0 Å². The molecule has 1 aliphatic rings. The molecular formula is C13H19N3O4S. The SMILES string of the molecule is COc1ccc(S(=O)(=O)N2CCC(NC(C)=O)C2)c(N)c1. The number of nitrogens with two attached hydrogens (primary N) is 1. The molecule has 0 spiro atoms. The highest BCUT2D eigenvalue weighted by atomic mass is 32.2. The second-order valence-electron chi connectivity index (χ2n) is 4.95. The minimum atomic E-state index is -3.66. The predicted octanol–water partition coefficient (Wildman–Crippen LogP) is 0.177. The summed E-state index contributed by atoms with van der Waals surface area (Å²) in [6.45, 7) is 2.03. The van der Waals surface area contributed by atoms with Crippen LogP contribution >= 0.6 is 0 Å². The molecule has 116 valence electrons. The largest absolute Gasteiger partial charge is 0.497 e. The Morgan fingerprint density at radius 3 is 2.76 bits per heavy atom. The predicted molar refractivity (Wildman–Crippen MR) is 78.4 cm³/mol. The van der Waals surface area contributed by atoms with Crippen LogP contribution in [0.3, 0.4) is 0 Å². The maximum atomic E-state index is 12.6. The van der Waals surface area contributed by atoms with Gasteiger partial charge in [0, 0.05) is 32.1 Å². The molecular weight excluding hydrogens is 294 g/mol. The fourth-order valence-electron chi connectivity index (χ4n) is 2.38. The number of hydrogen-bond donors (Lipinski definition) is 2. The van der Waals surface area contributed by atoms with E-state index in [1.165, 1.54) is 30.5 Å². The maximum Gasteiger partial charge on any atom is 0.245 e. The van der Waals surface area contributed by atoms with Crippen LogP contribution < -0.4 is 15.8 Å². The average Bonchev–Trinajstić information content (AvgIpc) is 2.86. The van der Waals surface area contributed by atoms with E-state index >= 15 is 0 Å². The number of benzene rings is 1. The lowest BCUT2D eigenvalue weighted by atomic mass is 10.3. The highest BCUT2D eigenvalue weighted by Crippen LogP contribution is 2.28. The van der Waals surface area contributed by atoms with Crippen molar-refractivity contribution < 1.29 is 17.9 Å². The van der Waals surface area contributed by atoms with E-state index in [1.54, 1.807) is 6.07 Å². The van der Waals surface area contributed by atoms with Gasteiger partial charge in [0.05, 0.1) is 12.8 Å². The summed E-state index contributed by atoms with van der Waals surface area (Å²) in [5, 5.41) is 2.73. The van der Waals surface area contributed by atoms with Crippen LogP contribution in [0.15, 0.2) is 23.1 Å². The summed E-state index contributed by atoms with van der Waals surface area (Å²) in [6, 6.07) is 4.32. The molecule has 1 amide bonds. The first-order valence-electron chi connectivity index (χ1n) is 6.55. The van der Waals surface area contributed by atoms with E-state index in [0.29, 0.717) is 18.7 Å². The monoisotopic (exact) mass is 313 g/mol. The van der Waals surface area contributed by atoms with Crippen LogP contribution in [-0.2, 0) is 14.8 Å². The standard InChI is InChI=1S/C13H19N3O4S/c1-9(17)15-10-5-6-16(8-10)21(18,19)13-4-3-11(20-2)7-12(13)14/h3-4,7,10H,5-6,8,14H2,1-2H3,(H,15,17). The van der Waals surface area contributed by atoms with Gasteiger partial charge in [0.15, 0.2) is 0 Å². The van der Waals surface area contributed by atoms with Gasteiger partial charge in [-0.15, -0.1) is 0 Å². The van der Waals surface area contributed by atoms with Gasteiger partial charge in [-0.05, 0) is 18.6 Å². The minimum Gasteiger partial charge on any atom is -0.497 e. The summed E-state index contributed by atoms with van der Waals surface area (Å²) in [6.07, 6.45) is 0.592. The Balaban J connectivity index is 2.21. The molecule has 1 saturated heterocycles. The molecule has 0 aliphatic carbocycles. The normalized spacial score (nSPS) is 19.4. The molecule has 1 atom stereocenters. The summed E-state index contributed by atoms with van der Waals surface area (Å²) in [5.41, 5.74) is 5.96. The van der Waals surface area contributed by atoms with E-state index in [2.05, 4.69) is 5.32 Å². The number of hydrogen-bond acceptors (Lipinski definition) is 5. The summed E-state index contributed by atoms with van der Waals surface area (Å²) in [4.78, 5) is 11.1. The third-order valence-corrected chi connectivity index (χ3v) is 5.33. The van der Waals surface area contributed by atoms with Crippen LogP contribution in [0.1, 0.15) is 13.3 Å². The van der Waals surface area contributed by atoms with E-state index in [4.69, 9.17) is 10.5 Å². The van der Waals surface area contributed by atoms with Gasteiger partial charge in [-0.2, -0.15) is 4.31 Å². The highest BCUT2D eigenvalue weighted by Gasteiger charge is 2.33. The Hall–Kier alpha value is -1.80. The van der Waals surface area contributed by atoms with Crippen LogP contribution in [0.4, 0.5) is 5.69 Å². The molecule has 1 aromatic rings. The number of carbonyl (C=O) groups is 1. The van der Waals surface area contributed by atoms with Gasteiger partial charge in [-0.3, -0.25) is 4.79 Å². The first-order valence-corrected chi connectivity index (χ1v) is 7.99. The number of methoxy groups -OCH3 is 1. The van der Waals surface area contributed by atoms with Gasteiger partial charge < -0.3 is 15.8 Å². The molecule has 1 heterocycles. The summed E-state index contributed by atoms with van der Waals surface area (Å²) >= 11 is 0. The molecule has 1 aromatic carbocycles. The first kappa shape index (κ1) is 15.6. The maximum absolute atomic E-state index is 12.6. The van der Waals surface area contributed by atoms with Crippen LogP contribution in [0.2, 0.25) is 0 Å². The van der Waals surface area contributed by atoms with Crippen molar-refractivity contribution in [1.82, 2.24) is 9.62 Å². The zero-order chi connectivity index (χ0) is 15.6. The Labute approximate surface area is 124 Å². The molecule has 3 N–H and O–H groups in total. The number of rotatable bonds is 4. The number of nitrogens with one attached hydrogen (secondary N) is 1. The smallest absolute Gasteiger partial charge is 0.245 e. The number of nitrogens with zero attached hydrogens (tertiary/aromatic N) is 1. The fraction of sp³-hybridized carbons (Fsp3) is 0.462. The second-order valence-corrected chi connectivity index (χ2v) is 6.86. The molecule has 21 heavy (non-hydrogen) atoms. The highest BCUT2D eigenvalue weighted by molar-refractivity contribution is 7.89. The molecule has 8 heteroatoms. The molecule has 1 fully saturated rings. The van der Waals surface area contributed by atoms with Crippen molar-refractivity contribution in [2.24, 2.45) is 0 Å². The van der Waals surface area contributed by atoms with Crippen molar-refractivity contribution in [3.05, 3.63) is 18.2 Å². The minimum absolute atomic E-state index is 0.0618. The molecule has 0 saturated carbocycles. The Morgan fingerprint density at radius 2 is 2.19 bits per heavy atom. The van der Waals surface area contributed by atoms with Crippen LogP contribution in [0.5, 0.6) is 5.75 Å².